The summed E-state index contributed by atoms with van der Waals surface area (Å²) in [5, 5.41) is 6.83. The van der Waals surface area contributed by atoms with Crippen LogP contribution in [0.5, 0.6) is 0 Å². The third-order valence-corrected chi connectivity index (χ3v) is 4.77. The van der Waals surface area contributed by atoms with Crippen molar-refractivity contribution in [2.75, 3.05) is 5.32 Å². The Kier molecular flexibility index (Phi) is 6.26. The molecule has 2 aromatic heterocycles. The van der Waals surface area contributed by atoms with Crippen LogP contribution in [0.2, 0.25) is 0 Å². The lowest BCUT2D eigenvalue weighted by molar-refractivity contribution is -0.116. The molecule has 3 rings (SSSR count). The molecule has 0 aliphatic heterocycles. The normalized spacial score (nSPS) is 10.9. The highest BCUT2D eigenvalue weighted by Crippen LogP contribution is 2.17. The molecule has 0 spiro atoms. The Morgan fingerprint density at radius 3 is 2.69 bits per heavy atom. The molecule has 29 heavy (non-hydrogen) atoms. The SMILES string of the molecule is CCCn1c(C)ccc(-c2noc(CCC(=O)Nc3ccc(C)cc3C)n2)c1=O. The fourth-order valence-electron chi connectivity index (χ4n) is 3.20. The highest BCUT2D eigenvalue weighted by molar-refractivity contribution is 5.91. The average molecular weight is 394 g/mol. The van der Waals surface area contributed by atoms with Crippen molar-refractivity contribution >= 4 is 11.6 Å². The van der Waals surface area contributed by atoms with Crippen LogP contribution in [-0.4, -0.2) is 20.6 Å². The molecule has 0 bridgehead atoms. The van der Waals surface area contributed by atoms with Gasteiger partial charge in [0.25, 0.3) is 5.56 Å². The number of carbonyl (C=O) groups is 1. The van der Waals surface area contributed by atoms with Crippen molar-refractivity contribution in [1.82, 2.24) is 14.7 Å². The number of carbonyl (C=O) groups excluding carboxylic acids is 1. The van der Waals surface area contributed by atoms with Crippen molar-refractivity contribution in [2.24, 2.45) is 0 Å². The van der Waals surface area contributed by atoms with Crippen LogP contribution in [0.3, 0.4) is 0 Å². The molecule has 0 fully saturated rings. The van der Waals surface area contributed by atoms with Gasteiger partial charge in [0, 0.05) is 30.8 Å². The third kappa shape index (κ3) is 4.80. The van der Waals surface area contributed by atoms with Gasteiger partial charge < -0.3 is 14.4 Å². The second-order valence-electron chi connectivity index (χ2n) is 7.22. The molecule has 2 heterocycles. The molecule has 0 saturated carbocycles. The summed E-state index contributed by atoms with van der Waals surface area (Å²) >= 11 is 0. The molecule has 1 aromatic carbocycles. The van der Waals surface area contributed by atoms with Gasteiger partial charge in [0.15, 0.2) is 0 Å². The lowest BCUT2D eigenvalue weighted by atomic mass is 10.1. The van der Waals surface area contributed by atoms with E-state index in [0.29, 0.717) is 24.4 Å². The fraction of sp³-hybridized carbons (Fsp3) is 0.364. The number of pyridine rings is 1. The number of hydrogen-bond donors (Lipinski definition) is 1. The van der Waals surface area contributed by atoms with Gasteiger partial charge in [-0.05, 0) is 51.0 Å². The molecule has 0 unspecified atom stereocenters. The number of aromatic nitrogens is 3. The van der Waals surface area contributed by atoms with Crippen LogP contribution >= 0.6 is 0 Å². The zero-order chi connectivity index (χ0) is 21.0. The van der Waals surface area contributed by atoms with E-state index in [9.17, 15) is 9.59 Å². The monoisotopic (exact) mass is 394 g/mol. The fourth-order valence-corrected chi connectivity index (χ4v) is 3.20. The number of nitrogens with zero attached hydrogens (tertiary/aromatic N) is 3. The molecule has 0 saturated heterocycles. The average Bonchev–Trinajstić information content (AvgIpc) is 3.14. The van der Waals surface area contributed by atoms with Crippen LogP contribution in [0.1, 0.15) is 42.5 Å². The van der Waals surface area contributed by atoms with Crippen molar-refractivity contribution in [3.8, 4) is 11.4 Å². The van der Waals surface area contributed by atoms with Gasteiger partial charge in [-0.3, -0.25) is 9.59 Å². The molecular weight excluding hydrogens is 368 g/mol. The van der Waals surface area contributed by atoms with Crippen LogP contribution < -0.4 is 10.9 Å². The van der Waals surface area contributed by atoms with Crippen LogP contribution in [0.15, 0.2) is 39.6 Å². The Morgan fingerprint density at radius 2 is 1.97 bits per heavy atom. The van der Waals surface area contributed by atoms with E-state index in [0.717, 1.165) is 28.9 Å². The smallest absolute Gasteiger partial charge is 0.261 e. The largest absolute Gasteiger partial charge is 0.339 e. The molecule has 0 aliphatic carbocycles. The number of nitrogens with one attached hydrogen (secondary N) is 1. The van der Waals surface area contributed by atoms with E-state index in [1.165, 1.54) is 0 Å². The summed E-state index contributed by atoms with van der Waals surface area (Å²) in [5.74, 6) is 0.458. The number of benzene rings is 1. The van der Waals surface area contributed by atoms with E-state index in [1.54, 1.807) is 10.6 Å². The maximum atomic E-state index is 12.7. The maximum absolute atomic E-state index is 12.7. The van der Waals surface area contributed by atoms with Gasteiger partial charge in [-0.1, -0.05) is 29.8 Å². The quantitative estimate of drug-likeness (QED) is 0.658. The van der Waals surface area contributed by atoms with Crippen LogP contribution in [0.4, 0.5) is 5.69 Å². The van der Waals surface area contributed by atoms with Gasteiger partial charge in [0.05, 0.1) is 5.56 Å². The molecule has 1 N–H and O–H groups in total. The van der Waals surface area contributed by atoms with Gasteiger partial charge in [0.1, 0.15) is 0 Å². The highest BCUT2D eigenvalue weighted by atomic mass is 16.5. The Labute approximate surface area is 169 Å². The lowest BCUT2D eigenvalue weighted by Crippen LogP contribution is -2.23. The van der Waals surface area contributed by atoms with E-state index >= 15 is 0 Å². The zero-order valence-electron chi connectivity index (χ0n) is 17.3. The summed E-state index contributed by atoms with van der Waals surface area (Å²) in [6.07, 6.45) is 1.37. The van der Waals surface area contributed by atoms with Crippen molar-refractivity contribution in [3.05, 3.63) is 63.4 Å². The van der Waals surface area contributed by atoms with Crippen molar-refractivity contribution in [3.63, 3.8) is 0 Å². The second-order valence-corrected chi connectivity index (χ2v) is 7.22. The van der Waals surface area contributed by atoms with Crippen LogP contribution in [0, 0.1) is 20.8 Å². The Balaban J connectivity index is 1.67. The van der Waals surface area contributed by atoms with E-state index in [1.807, 2.05) is 52.0 Å². The molecule has 7 heteroatoms. The van der Waals surface area contributed by atoms with E-state index < -0.39 is 0 Å². The number of rotatable bonds is 7. The second kappa shape index (κ2) is 8.86. The molecule has 7 nitrogen and oxygen atoms in total. The summed E-state index contributed by atoms with van der Waals surface area (Å²) in [4.78, 5) is 29.3. The van der Waals surface area contributed by atoms with Crippen molar-refractivity contribution in [2.45, 2.75) is 53.5 Å². The highest BCUT2D eigenvalue weighted by Gasteiger charge is 2.15. The topological polar surface area (TPSA) is 90.0 Å². The zero-order valence-corrected chi connectivity index (χ0v) is 17.3. The van der Waals surface area contributed by atoms with Crippen LogP contribution in [0.25, 0.3) is 11.4 Å². The van der Waals surface area contributed by atoms with Gasteiger partial charge in [0.2, 0.25) is 17.6 Å². The first-order valence-electron chi connectivity index (χ1n) is 9.79. The minimum Gasteiger partial charge on any atom is -0.339 e. The molecule has 1 amide bonds. The number of anilines is 1. The summed E-state index contributed by atoms with van der Waals surface area (Å²) in [7, 11) is 0. The first-order chi connectivity index (χ1) is 13.9. The number of hydrogen-bond acceptors (Lipinski definition) is 5. The van der Waals surface area contributed by atoms with E-state index in [4.69, 9.17) is 4.52 Å². The molecular formula is C22H26N4O3. The van der Waals surface area contributed by atoms with Crippen molar-refractivity contribution < 1.29 is 9.32 Å². The molecule has 3 aromatic rings. The Hall–Kier alpha value is -3.22. The molecule has 0 radical (unpaired) electrons. The minimum absolute atomic E-state index is 0.127. The number of amides is 1. The first kappa shape index (κ1) is 20.5. The number of aryl methyl sites for hydroxylation is 4. The molecule has 152 valence electrons. The van der Waals surface area contributed by atoms with Gasteiger partial charge >= 0.3 is 0 Å². The van der Waals surface area contributed by atoms with Gasteiger partial charge in [-0.15, -0.1) is 0 Å². The molecule has 0 atom stereocenters. The van der Waals surface area contributed by atoms with Gasteiger partial charge in [-0.2, -0.15) is 4.98 Å². The maximum Gasteiger partial charge on any atom is 0.261 e. The summed E-state index contributed by atoms with van der Waals surface area (Å²) < 4.78 is 6.97. The van der Waals surface area contributed by atoms with E-state index in [-0.39, 0.29) is 23.7 Å². The minimum atomic E-state index is -0.133. The lowest BCUT2D eigenvalue weighted by Gasteiger charge is -2.09. The van der Waals surface area contributed by atoms with Crippen LogP contribution in [-0.2, 0) is 17.8 Å². The van der Waals surface area contributed by atoms with Gasteiger partial charge in [-0.25, -0.2) is 0 Å². The predicted octanol–water partition coefficient (Wildman–Crippen LogP) is 3.80. The van der Waals surface area contributed by atoms with E-state index in [2.05, 4.69) is 15.5 Å². The summed E-state index contributed by atoms with van der Waals surface area (Å²) in [6, 6.07) is 9.46. The Morgan fingerprint density at radius 1 is 1.17 bits per heavy atom. The first-order valence-corrected chi connectivity index (χ1v) is 9.79. The predicted molar refractivity (Wildman–Crippen MR) is 112 cm³/mol. The Bertz CT molecular complexity index is 1080. The summed E-state index contributed by atoms with van der Waals surface area (Å²) in [6.45, 7) is 8.53. The summed E-state index contributed by atoms with van der Waals surface area (Å²) in [5.41, 5.74) is 4.12. The third-order valence-electron chi connectivity index (χ3n) is 4.77. The molecule has 0 aliphatic rings. The standard InChI is InChI=1S/C22H26N4O3/c1-5-12-26-16(4)7-8-17(22(26)28)21-24-20(29-25-21)11-10-19(27)23-18-9-6-14(2)13-15(18)3/h6-9,13H,5,10-12H2,1-4H3,(H,23,27). The van der Waals surface area contributed by atoms with Crippen molar-refractivity contribution in [1.29, 1.82) is 0 Å².